The number of pyridine rings is 1. The Morgan fingerprint density at radius 2 is 2.00 bits per heavy atom. The fourth-order valence-corrected chi connectivity index (χ4v) is 5.84. The minimum Gasteiger partial charge on any atom is -0.378 e. The van der Waals surface area contributed by atoms with Crippen LogP contribution in [0.4, 0.5) is 0 Å². The number of fused-ring (bicyclic) bond motifs is 2. The van der Waals surface area contributed by atoms with Crippen LogP contribution in [-0.4, -0.2) is 53.8 Å². The summed E-state index contributed by atoms with van der Waals surface area (Å²) in [7, 11) is -3.53. The highest BCUT2D eigenvalue weighted by Gasteiger charge is 2.38. The second-order valence-corrected chi connectivity index (χ2v) is 9.98. The second kappa shape index (κ2) is 8.07. The molecule has 3 aromatic rings. The maximum absolute atomic E-state index is 13.0. The fourth-order valence-electron chi connectivity index (χ4n) is 4.33. The molecular formula is C22H24N4O4S. The fraction of sp³-hybridized carbons (Fsp3) is 0.364. The smallest absolute Gasteiger partial charge is 0.253 e. The molecule has 0 bridgehead atoms. The standard InChI is InChI=1S/C22H24N4O4S/c27-22(18-3-6-21-23-9-11-25(21)14-18)24-13-16-1-4-19(5-2-16)31(28,29)26-10-7-20-17(15-26)8-12-30-20/h1-6,9,11,14,17,20H,7-8,10,12-13,15H2,(H,24,27). The van der Waals surface area contributed by atoms with E-state index in [2.05, 4.69) is 10.3 Å². The van der Waals surface area contributed by atoms with Gasteiger partial charge in [0.1, 0.15) is 5.65 Å². The van der Waals surface area contributed by atoms with Crippen LogP contribution in [0.3, 0.4) is 0 Å². The van der Waals surface area contributed by atoms with Crippen LogP contribution >= 0.6 is 0 Å². The summed E-state index contributed by atoms with van der Waals surface area (Å²) in [6.07, 6.45) is 7.06. The van der Waals surface area contributed by atoms with Crippen molar-refractivity contribution in [1.82, 2.24) is 19.0 Å². The van der Waals surface area contributed by atoms with Gasteiger partial charge in [-0.25, -0.2) is 13.4 Å². The Balaban J connectivity index is 1.22. The van der Waals surface area contributed by atoms with Crippen molar-refractivity contribution in [1.29, 1.82) is 0 Å². The number of sulfonamides is 1. The average molecular weight is 441 g/mol. The third-order valence-corrected chi connectivity index (χ3v) is 7.99. The molecule has 2 aromatic heterocycles. The van der Waals surface area contributed by atoms with E-state index in [1.54, 1.807) is 63.7 Å². The van der Waals surface area contributed by atoms with Crippen molar-refractivity contribution in [2.24, 2.45) is 5.92 Å². The molecule has 0 spiro atoms. The summed E-state index contributed by atoms with van der Waals surface area (Å²) in [5.41, 5.74) is 2.14. The lowest BCUT2D eigenvalue weighted by Crippen LogP contribution is -2.44. The van der Waals surface area contributed by atoms with Crippen LogP contribution < -0.4 is 5.32 Å². The molecule has 0 radical (unpaired) electrons. The van der Waals surface area contributed by atoms with E-state index >= 15 is 0 Å². The lowest BCUT2D eigenvalue weighted by molar-refractivity contribution is 0.0555. The van der Waals surface area contributed by atoms with Crippen molar-refractivity contribution < 1.29 is 17.9 Å². The first-order valence-electron chi connectivity index (χ1n) is 10.4. The number of nitrogens with zero attached hydrogens (tertiary/aromatic N) is 3. The molecule has 5 rings (SSSR count). The number of amides is 1. The van der Waals surface area contributed by atoms with Crippen molar-refractivity contribution in [3.05, 3.63) is 66.1 Å². The van der Waals surface area contributed by atoms with E-state index in [4.69, 9.17) is 4.74 Å². The molecule has 4 heterocycles. The molecule has 0 saturated carbocycles. The number of carbonyl (C=O) groups is 1. The molecule has 1 aromatic carbocycles. The topological polar surface area (TPSA) is 93.0 Å². The first-order valence-corrected chi connectivity index (χ1v) is 11.9. The molecule has 2 aliphatic rings. The van der Waals surface area contributed by atoms with Gasteiger partial charge in [0, 0.05) is 50.7 Å². The Morgan fingerprint density at radius 3 is 2.84 bits per heavy atom. The first kappa shape index (κ1) is 20.2. The Labute approximate surface area is 180 Å². The summed E-state index contributed by atoms with van der Waals surface area (Å²) in [5.74, 6) is 0.0912. The number of piperidine rings is 1. The third kappa shape index (κ3) is 3.96. The van der Waals surface area contributed by atoms with Gasteiger partial charge in [0.05, 0.1) is 16.6 Å². The Morgan fingerprint density at radius 1 is 1.16 bits per heavy atom. The zero-order valence-corrected chi connectivity index (χ0v) is 17.8. The Kier molecular flexibility index (Phi) is 5.25. The molecule has 31 heavy (non-hydrogen) atoms. The van der Waals surface area contributed by atoms with Crippen LogP contribution in [0.1, 0.15) is 28.8 Å². The van der Waals surface area contributed by atoms with Gasteiger partial charge < -0.3 is 14.5 Å². The predicted molar refractivity (Wildman–Crippen MR) is 114 cm³/mol. The zero-order valence-electron chi connectivity index (χ0n) is 17.0. The SMILES string of the molecule is O=C(NCc1ccc(S(=O)(=O)N2CCC3OCCC3C2)cc1)c1ccc2nccn2c1. The van der Waals surface area contributed by atoms with Gasteiger partial charge in [-0.3, -0.25) is 4.79 Å². The molecule has 162 valence electrons. The maximum Gasteiger partial charge on any atom is 0.253 e. The quantitative estimate of drug-likeness (QED) is 0.656. The summed E-state index contributed by atoms with van der Waals surface area (Å²) in [5, 5.41) is 2.87. The predicted octanol–water partition coefficient (Wildman–Crippen LogP) is 2.06. The highest BCUT2D eigenvalue weighted by molar-refractivity contribution is 7.89. The number of imidazole rings is 1. The van der Waals surface area contributed by atoms with Crippen LogP contribution in [0.2, 0.25) is 0 Å². The van der Waals surface area contributed by atoms with Gasteiger partial charge in [0.25, 0.3) is 5.91 Å². The second-order valence-electron chi connectivity index (χ2n) is 8.05. The molecule has 2 fully saturated rings. The van der Waals surface area contributed by atoms with Crippen molar-refractivity contribution >= 4 is 21.6 Å². The van der Waals surface area contributed by atoms with Crippen LogP contribution in [-0.2, 0) is 21.3 Å². The molecule has 2 saturated heterocycles. The number of aromatic nitrogens is 2. The number of hydrogen-bond acceptors (Lipinski definition) is 5. The molecule has 2 aliphatic heterocycles. The van der Waals surface area contributed by atoms with Crippen molar-refractivity contribution in [2.75, 3.05) is 19.7 Å². The average Bonchev–Trinajstić information content (AvgIpc) is 3.45. The zero-order chi connectivity index (χ0) is 21.4. The van der Waals surface area contributed by atoms with Gasteiger partial charge in [0.15, 0.2) is 0 Å². The molecule has 9 heteroatoms. The van der Waals surface area contributed by atoms with Gasteiger partial charge in [-0.15, -0.1) is 0 Å². The van der Waals surface area contributed by atoms with E-state index in [1.807, 2.05) is 0 Å². The highest BCUT2D eigenvalue weighted by Crippen LogP contribution is 2.31. The van der Waals surface area contributed by atoms with Crippen molar-refractivity contribution in [3.8, 4) is 0 Å². The van der Waals surface area contributed by atoms with E-state index in [9.17, 15) is 13.2 Å². The van der Waals surface area contributed by atoms with Gasteiger partial charge in [-0.1, -0.05) is 12.1 Å². The van der Waals surface area contributed by atoms with E-state index in [-0.39, 0.29) is 16.9 Å². The summed E-state index contributed by atoms with van der Waals surface area (Å²) < 4.78 is 35.1. The van der Waals surface area contributed by atoms with Crippen LogP contribution in [0.5, 0.6) is 0 Å². The molecule has 2 atom stereocenters. The van der Waals surface area contributed by atoms with Crippen LogP contribution in [0.25, 0.3) is 5.65 Å². The minimum atomic E-state index is -3.53. The summed E-state index contributed by atoms with van der Waals surface area (Å²) in [4.78, 5) is 16.9. The minimum absolute atomic E-state index is 0.200. The molecule has 1 N–H and O–H groups in total. The number of hydrogen-bond donors (Lipinski definition) is 1. The van der Waals surface area contributed by atoms with Gasteiger partial charge >= 0.3 is 0 Å². The number of carbonyl (C=O) groups excluding carboxylic acids is 1. The number of ether oxygens (including phenoxy) is 1. The van der Waals surface area contributed by atoms with E-state index in [1.165, 1.54) is 0 Å². The van der Waals surface area contributed by atoms with Gasteiger partial charge in [-0.05, 0) is 42.7 Å². The molecule has 0 aliphatic carbocycles. The van der Waals surface area contributed by atoms with Gasteiger partial charge in [-0.2, -0.15) is 4.31 Å². The van der Waals surface area contributed by atoms with E-state index in [0.717, 1.165) is 30.7 Å². The number of nitrogens with one attached hydrogen (secondary N) is 1. The maximum atomic E-state index is 13.0. The largest absolute Gasteiger partial charge is 0.378 e. The first-order chi connectivity index (χ1) is 15.0. The van der Waals surface area contributed by atoms with Crippen LogP contribution in [0.15, 0.2) is 59.9 Å². The molecule has 1 amide bonds. The van der Waals surface area contributed by atoms with E-state index < -0.39 is 10.0 Å². The van der Waals surface area contributed by atoms with Crippen molar-refractivity contribution in [3.63, 3.8) is 0 Å². The van der Waals surface area contributed by atoms with E-state index in [0.29, 0.717) is 31.1 Å². The lowest BCUT2D eigenvalue weighted by Gasteiger charge is -2.33. The number of rotatable bonds is 5. The molecule has 8 nitrogen and oxygen atoms in total. The monoisotopic (exact) mass is 440 g/mol. The molecule has 2 unspecified atom stereocenters. The number of benzene rings is 1. The van der Waals surface area contributed by atoms with Crippen molar-refractivity contribution in [2.45, 2.75) is 30.4 Å². The summed E-state index contributed by atoms with van der Waals surface area (Å²) in [6.45, 7) is 2.04. The lowest BCUT2D eigenvalue weighted by atomic mass is 9.96. The normalized spacial score (nSPS) is 21.8. The highest BCUT2D eigenvalue weighted by atomic mass is 32.2. The summed E-state index contributed by atoms with van der Waals surface area (Å²) >= 11 is 0. The Bertz CT molecular complexity index is 1210. The van der Waals surface area contributed by atoms with Gasteiger partial charge in [0.2, 0.25) is 10.0 Å². The van der Waals surface area contributed by atoms with Crippen LogP contribution in [0, 0.1) is 5.92 Å². The third-order valence-electron chi connectivity index (χ3n) is 6.11. The summed E-state index contributed by atoms with van der Waals surface area (Å²) in [6, 6.07) is 10.2. The Hall–Kier alpha value is -2.75. The molecular weight excluding hydrogens is 416 g/mol.